The van der Waals surface area contributed by atoms with E-state index in [9.17, 15) is 0 Å². The number of ether oxygens (including phenoxy) is 1. The minimum Gasteiger partial charge on any atom is -0.394 e. The van der Waals surface area contributed by atoms with Gasteiger partial charge >= 0.3 is 0 Å². The van der Waals surface area contributed by atoms with Crippen LogP contribution in [-0.2, 0) is 4.74 Å². The van der Waals surface area contributed by atoms with Gasteiger partial charge in [-0.15, -0.1) is 0 Å². The Kier molecular flexibility index (Phi) is 6.22. The molecule has 3 nitrogen and oxygen atoms in total. The second kappa shape index (κ2) is 7.93. The van der Waals surface area contributed by atoms with Gasteiger partial charge in [0.15, 0.2) is 0 Å². The summed E-state index contributed by atoms with van der Waals surface area (Å²) in [6.07, 6.45) is 0. The number of rotatable bonds is 7. The molecule has 2 aromatic rings. The van der Waals surface area contributed by atoms with Crippen LogP contribution >= 0.6 is 22.6 Å². The van der Waals surface area contributed by atoms with Crippen molar-refractivity contribution in [3.05, 3.63) is 45.5 Å². The fraction of sp³-hybridized carbons (Fsp3) is 0.375. The van der Waals surface area contributed by atoms with Crippen LogP contribution in [0.2, 0.25) is 0 Å². The molecular weight excluding hydrogens is 365 g/mol. The lowest BCUT2D eigenvalue weighted by molar-refractivity contribution is 0.0928. The van der Waals surface area contributed by atoms with Crippen molar-refractivity contribution >= 4 is 33.4 Å². The van der Waals surface area contributed by atoms with Gasteiger partial charge in [0.2, 0.25) is 0 Å². The highest BCUT2D eigenvalue weighted by molar-refractivity contribution is 14.1. The van der Waals surface area contributed by atoms with Crippen molar-refractivity contribution in [1.29, 1.82) is 0 Å². The third-order valence-electron chi connectivity index (χ3n) is 3.29. The van der Waals surface area contributed by atoms with Crippen LogP contribution < -0.4 is 5.32 Å². The first-order valence-corrected chi connectivity index (χ1v) is 7.91. The van der Waals surface area contributed by atoms with Gasteiger partial charge in [-0.2, -0.15) is 0 Å². The number of benzene rings is 2. The molecule has 108 valence electrons. The van der Waals surface area contributed by atoms with E-state index in [-0.39, 0.29) is 12.6 Å². The molecule has 2 aromatic carbocycles. The van der Waals surface area contributed by atoms with Crippen LogP contribution in [0.15, 0.2) is 36.4 Å². The van der Waals surface area contributed by atoms with E-state index in [1.54, 1.807) is 0 Å². The van der Waals surface area contributed by atoms with Crippen LogP contribution in [0.3, 0.4) is 0 Å². The summed E-state index contributed by atoms with van der Waals surface area (Å²) in [6, 6.07) is 13.1. The van der Waals surface area contributed by atoms with Gasteiger partial charge in [-0.25, -0.2) is 0 Å². The average molecular weight is 385 g/mol. The first-order valence-electron chi connectivity index (χ1n) is 6.83. The summed E-state index contributed by atoms with van der Waals surface area (Å²) in [5.41, 5.74) is 1.31. The largest absolute Gasteiger partial charge is 0.394 e. The van der Waals surface area contributed by atoms with Gasteiger partial charge in [-0.1, -0.05) is 36.4 Å². The van der Waals surface area contributed by atoms with E-state index in [0.717, 1.165) is 6.54 Å². The summed E-state index contributed by atoms with van der Waals surface area (Å²) in [5, 5.41) is 14.7. The maximum atomic E-state index is 8.64. The Hall–Kier alpha value is -0.690. The monoisotopic (exact) mass is 385 g/mol. The fourth-order valence-corrected chi connectivity index (χ4v) is 3.35. The molecule has 0 saturated carbocycles. The number of nitrogens with one attached hydrogen (secondary N) is 1. The Morgan fingerprint density at radius 3 is 2.80 bits per heavy atom. The molecule has 0 radical (unpaired) electrons. The topological polar surface area (TPSA) is 41.5 Å². The van der Waals surface area contributed by atoms with E-state index in [2.05, 4.69) is 71.2 Å². The summed E-state index contributed by atoms with van der Waals surface area (Å²) in [6.45, 7) is 4.05. The zero-order chi connectivity index (χ0) is 14.4. The molecule has 0 aliphatic heterocycles. The van der Waals surface area contributed by atoms with E-state index in [0.29, 0.717) is 13.2 Å². The minimum absolute atomic E-state index is 0.0815. The number of fused-ring (bicyclic) bond motifs is 1. The summed E-state index contributed by atoms with van der Waals surface area (Å²) in [4.78, 5) is 0. The Bertz CT molecular complexity index is 559. The van der Waals surface area contributed by atoms with Crippen LogP contribution in [0.5, 0.6) is 0 Å². The lowest BCUT2D eigenvalue weighted by atomic mass is 10.0. The highest BCUT2D eigenvalue weighted by Gasteiger charge is 2.10. The van der Waals surface area contributed by atoms with Crippen LogP contribution in [-0.4, -0.2) is 31.5 Å². The standard InChI is InChI=1S/C16H20INO2/c1-12(18-8-10-20-11-9-19)14-7-6-13-4-2-3-5-15(13)16(14)17/h2-7,12,18-19H,8-11H2,1H3. The van der Waals surface area contributed by atoms with Crippen LogP contribution in [0.4, 0.5) is 0 Å². The van der Waals surface area contributed by atoms with E-state index < -0.39 is 0 Å². The molecule has 4 heteroatoms. The summed E-state index contributed by atoms with van der Waals surface area (Å²) in [7, 11) is 0. The third-order valence-corrected chi connectivity index (χ3v) is 4.50. The molecule has 2 N–H and O–H groups in total. The average Bonchev–Trinajstić information content (AvgIpc) is 2.47. The van der Waals surface area contributed by atoms with Gasteiger partial charge in [0.25, 0.3) is 0 Å². The molecule has 1 unspecified atom stereocenters. The highest BCUT2D eigenvalue weighted by atomic mass is 127. The number of aliphatic hydroxyl groups excluding tert-OH is 1. The first kappa shape index (κ1) is 15.7. The highest BCUT2D eigenvalue weighted by Crippen LogP contribution is 2.27. The van der Waals surface area contributed by atoms with Crippen molar-refractivity contribution < 1.29 is 9.84 Å². The quantitative estimate of drug-likeness (QED) is 0.569. The van der Waals surface area contributed by atoms with Gasteiger partial charge in [0.1, 0.15) is 0 Å². The van der Waals surface area contributed by atoms with E-state index in [4.69, 9.17) is 9.84 Å². The third kappa shape index (κ3) is 3.91. The number of aliphatic hydroxyl groups is 1. The molecule has 0 aromatic heterocycles. The second-order valence-corrected chi connectivity index (χ2v) is 5.78. The molecule has 0 spiro atoms. The predicted octanol–water partition coefficient (Wildman–Crippen LogP) is 3.10. The lowest BCUT2D eigenvalue weighted by Gasteiger charge is -2.17. The zero-order valence-corrected chi connectivity index (χ0v) is 13.8. The van der Waals surface area contributed by atoms with Gasteiger partial charge in [-0.05, 0) is 45.9 Å². The van der Waals surface area contributed by atoms with Gasteiger partial charge in [0, 0.05) is 16.2 Å². The van der Waals surface area contributed by atoms with Gasteiger partial charge in [0.05, 0.1) is 19.8 Å². The maximum Gasteiger partial charge on any atom is 0.0698 e. The maximum absolute atomic E-state index is 8.64. The smallest absolute Gasteiger partial charge is 0.0698 e. The molecule has 0 heterocycles. The van der Waals surface area contributed by atoms with Crippen molar-refractivity contribution in [3.63, 3.8) is 0 Å². The Morgan fingerprint density at radius 2 is 2.00 bits per heavy atom. The van der Waals surface area contributed by atoms with Gasteiger partial charge < -0.3 is 15.2 Å². The molecule has 0 fully saturated rings. The van der Waals surface area contributed by atoms with Crippen LogP contribution in [0.25, 0.3) is 10.8 Å². The van der Waals surface area contributed by atoms with E-state index in [1.807, 2.05) is 0 Å². The van der Waals surface area contributed by atoms with Crippen LogP contribution in [0.1, 0.15) is 18.5 Å². The number of hydrogen-bond acceptors (Lipinski definition) is 3. The Morgan fingerprint density at radius 1 is 1.20 bits per heavy atom. The first-order chi connectivity index (χ1) is 9.74. The molecule has 0 bridgehead atoms. The van der Waals surface area contributed by atoms with Crippen molar-refractivity contribution in [3.8, 4) is 0 Å². The summed E-state index contributed by atoms with van der Waals surface area (Å²) in [5.74, 6) is 0. The Labute approximate surface area is 133 Å². The Balaban J connectivity index is 2.03. The normalized spacial score (nSPS) is 12.8. The fourth-order valence-electron chi connectivity index (χ4n) is 2.21. The van der Waals surface area contributed by atoms with E-state index >= 15 is 0 Å². The molecule has 0 amide bonds. The molecule has 0 saturated heterocycles. The molecule has 0 aliphatic carbocycles. The van der Waals surface area contributed by atoms with Crippen molar-refractivity contribution in [2.75, 3.05) is 26.4 Å². The molecule has 2 rings (SSSR count). The molecule has 1 atom stereocenters. The minimum atomic E-state index is 0.0815. The predicted molar refractivity (Wildman–Crippen MR) is 91.0 cm³/mol. The van der Waals surface area contributed by atoms with E-state index in [1.165, 1.54) is 19.9 Å². The zero-order valence-electron chi connectivity index (χ0n) is 11.6. The van der Waals surface area contributed by atoms with Crippen LogP contribution in [0, 0.1) is 3.57 Å². The summed E-state index contributed by atoms with van der Waals surface area (Å²) < 4.78 is 6.56. The van der Waals surface area contributed by atoms with Crippen molar-refractivity contribution in [2.24, 2.45) is 0 Å². The molecule has 0 aliphatic rings. The summed E-state index contributed by atoms with van der Waals surface area (Å²) >= 11 is 2.42. The van der Waals surface area contributed by atoms with Crippen molar-refractivity contribution in [2.45, 2.75) is 13.0 Å². The number of hydrogen-bond donors (Lipinski definition) is 2. The molecular formula is C16H20INO2. The number of halogens is 1. The van der Waals surface area contributed by atoms with Gasteiger partial charge in [-0.3, -0.25) is 0 Å². The lowest BCUT2D eigenvalue weighted by Crippen LogP contribution is -2.24. The van der Waals surface area contributed by atoms with Crippen molar-refractivity contribution in [1.82, 2.24) is 5.32 Å². The SMILES string of the molecule is CC(NCCOCCO)c1ccc2ccccc2c1I. The molecule has 20 heavy (non-hydrogen) atoms. The second-order valence-electron chi connectivity index (χ2n) is 4.70.